The third-order valence-electron chi connectivity index (χ3n) is 2.31. The van der Waals surface area contributed by atoms with E-state index < -0.39 is 0 Å². The first kappa shape index (κ1) is 11.4. The van der Waals surface area contributed by atoms with Crippen LogP contribution in [0.4, 0.5) is 0 Å². The molecule has 0 bridgehead atoms. The molecule has 0 fully saturated rings. The molecule has 0 aromatic heterocycles. The van der Waals surface area contributed by atoms with Crippen LogP contribution in [0.2, 0.25) is 0 Å². The molecule has 3 heteroatoms. The van der Waals surface area contributed by atoms with Crippen LogP contribution in [0.5, 0.6) is 0 Å². The summed E-state index contributed by atoms with van der Waals surface area (Å²) < 4.78 is 4.92. The summed E-state index contributed by atoms with van der Waals surface area (Å²) in [6.07, 6.45) is 2.57. The van der Waals surface area contributed by atoms with Crippen molar-refractivity contribution in [3.8, 4) is 6.07 Å². The molecule has 0 rings (SSSR count). The minimum absolute atomic E-state index is 0.321. The standard InChI is InChI=1S/C9H18N2O/c1-3-9(7-10,8-11)5-4-6-12-2/h3-7,10H2,1-2H3. The summed E-state index contributed by atoms with van der Waals surface area (Å²) in [5.41, 5.74) is 5.23. The quantitative estimate of drug-likeness (QED) is 0.611. The molecule has 0 aliphatic carbocycles. The van der Waals surface area contributed by atoms with Crippen LogP contribution in [0.3, 0.4) is 0 Å². The van der Waals surface area contributed by atoms with Crippen LogP contribution < -0.4 is 5.73 Å². The van der Waals surface area contributed by atoms with Gasteiger partial charge in [-0.3, -0.25) is 0 Å². The summed E-state index contributed by atoms with van der Waals surface area (Å²) in [7, 11) is 1.67. The Morgan fingerprint density at radius 2 is 2.25 bits per heavy atom. The zero-order chi connectivity index (χ0) is 9.45. The second-order valence-electron chi connectivity index (χ2n) is 3.05. The summed E-state index contributed by atoms with van der Waals surface area (Å²) in [4.78, 5) is 0. The van der Waals surface area contributed by atoms with Crippen LogP contribution in [-0.4, -0.2) is 20.3 Å². The highest BCUT2D eigenvalue weighted by Gasteiger charge is 2.25. The second-order valence-corrected chi connectivity index (χ2v) is 3.05. The Labute approximate surface area is 74.5 Å². The van der Waals surface area contributed by atoms with Crippen LogP contribution in [0, 0.1) is 16.7 Å². The van der Waals surface area contributed by atoms with Crippen molar-refractivity contribution in [2.45, 2.75) is 26.2 Å². The van der Waals surface area contributed by atoms with Gasteiger partial charge in [0.15, 0.2) is 0 Å². The Bertz CT molecular complexity index is 147. The molecular formula is C9H18N2O. The average molecular weight is 170 g/mol. The molecule has 0 aromatic rings. The highest BCUT2D eigenvalue weighted by molar-refractivity contribution is 4.98. The number of ether oxygens (including phenoxy) is 1. The van der Waals surface area contributed by atoms with Crippen molar-refractivity contribution in [3.63, 3.8) is 0 Å². The van der Waals surface area contributed by atoms with E-state index in [1.807, 2.05) is 6.92 Å². The lowest BCUT2D eigenvalue weighted by molar-refractivity contribution is 0.179. The maximum Gasteiger partial charge on any atom is 0.0703 e. The summed E-state index contributed by atoms with van der Waals surface area (Å²) >= 11 is 0. The van der Waals surface area contributed by atoms with E-state index in [1.54, 1.807) is 7.11 Å². The van der Waals surface area contributed by atoms with Crippen LogP contribution in [0.1, 0.15) is 26.2 Å². The first-order valence-electron chi connectivity index (χ1n) is 4.35. The monoisotopic (exact) mass is 170 g/mol. The molecule has 0 saturated carbocycles. The molecule has 0 aromatic carbocycles. The minimum Gasteiger partial charge on any atom is -0.385 e. The lowest BCUT2D eigenvalue weighted by atomic mass is 9.82. The second kappa shape index (κ2) is 5.99. The highest BCUT2D eigenvalue weighted by atomic mass is 16.5. The number of hydrogen-bond donors (Lipinski definition) is 1. The van der Waals surface area contributed by atoms with Gasteiger partial charge in [-0.2, -0.15) is 5.26 Å². The van der Waals surface area contributed by atoms with Gasteiger partial charge in [0.25, 0.3) is 0 Å². The molecule has 0 amide bonds. The summed E-state index contributed by atoms with van der Waals surface area (Å²) in [6, 6.07) is 2.29. The van der Waals surface area contributed by atoms with E-state index in [-0.39, 0.29) is 5.41 Å². The van der Waals surface area contributed by atoms with Crippen LogP contribution in [-0.2, 0) is 4.74 Å². The number of nitrogens with zero attached hydrogens (tertiary/aromatic N) is 1. The lowest BCUT2D eigenvalue weighted by Crippen LogP contribution is -2.28. The number of hydrogen-bond acceptors (Lipinski definition) is 3. The molecule has 3 nitrogen and oxygen atoms in total. The molecule has 1 atom stereocenters. The highest BCUT2D eigenvalue weighted by Crippen LogP contribution is 2.25. The van der Waals surface area contributed by atoms with E-state index in [4.69, 9.17) is 15.7 Å². The molecule has 0 radical (unpaired) electrons. The zero-order valence-corrected chi connectivity index (χ0v) is 7.97. The van der Waals surface area contributed by atoms with Gasteiger partial charge in [-0.15, -0.1) is 0 Å². The Balaban J connectivity index is 3.87. The number of rotatable bonds is 6. The molecule has 1 unspecified atom stereocenters. The van der Waals surface area contributed by atoms with Gasteiger partial charge >= 0.3 is 0 Å². The summed E-state index contributed by atoms with van der Waals surface area (Å²) in [5.74, 6) is 0. The van der Waals surface area contributed by atoms with Gasteiger partial charge in [0.05, 0.1) is 11.5 Å². The molecule has 70 valence electrons. The maximum absolute atomic E-state index is 8.91. The van der Waals surface area contributed by atoms with Gasteiger partial charge in [-0.1, -0.05) is 6.92 Å². The van der Waals surface area contributed by atoms with Crippen LogP contribution in [0.15, 0.2) is 0 Å². The Morgan fingerprint density at radius 1 is 1.58 bits per heavy atom. The summed E-state index contributed by atoms with van der Waals surface area (Å²) in [5, 5.41) is 8.91. The molecule has 0 spiro atoms. The van der Waals surface area contributed by atoms with E-state index in [2.05, 4.69) is 6.07 Å². The number of nitrogens with two attached hydrogens (primary N) is 1. The lowest BCUT2D eigenvalue weighted by Gasteiger charge is -2.22. The van der Waals surface area contributed by atoms with Gasteiger partial charge in [0, 0.05) is 20.3 Å². The fourth-order valence-electron chi connectivity index (χ4n) is 1.16. The predicted molar refractivity (Wildman–Crippen MR) is 48.5 cm³/mol. The molecule has 0 heterocycles. The third kappa shape index (κ3) is 3.21. The maximum atomic E-state index is 8.91. The SMILES string of the molecule is CCC(C#N)(CN)CCCOC. The molecule has 0 aliphatic rings. The smallest absolute Gasteiger partial charge is 0.0703 e. The van der Waals surface area contributed by atoms with Crippen molar-refractivity contribution in [1.82, 2.24) is 0 Å². The zero-order valence-electron chi connectivity index (χ0n) is 7.97. The van der Waals surface area contributed by atoms with Crippen molar-refractivity contribution in [1.29, 1.82) is 5.26 Å². The van der Waals surface area contributed by atoms with E-state index in [0.717, 1.165) is 19.3 Å². The molecule has 2 N–H and O–H groups in total. The number of nitriles is 1. The Morgan fingerprint density at radius 3 is 2.58 bits per heavy atom. The largest absolute Gasteiger partial charge is 0.385 e. The molecular weight excluding hydrogens is 152 g/mol. The Hall–Kier alpha value is -0.590. The molecule has 0 aliphatic heterocycles. The van der Waals surface area contributed by atoms with E-state index in [9.17, 15) is 0 Å². The average Bonchev–Trinajstić information content (AvgIpc) is 2.14. The topological polar surface area (TPSA) is 59.0 Å². The Kier molecular flexibility index (Phi) is 5.69. The predicted octanol–water partition coefficient (Wildman–Crippen LogP) is 1.29. The number of methoxy groups -OCH3 is 1. The normalized spacial score (nSPS) is 15.2. The fourth-order valence-corrected chi connectivity index (χ4v) is 1.16. The van der Waals surface area contributed by atoms with Gasteiger partial charge in [0.1, 0.15) is 0 Å². The van der Waals surface area contributed by atoms with E-state index >= 15 is 0 Å². The van der Waals surface area contributed by atoms with Crippen molar-refractivity contribution < 1.29 is 4.74 Å². The van der Waals surface area contributed by atoms with Gasteiger partial charge in [0.2, 0.25) is 0 Å². The first-order valence-corrected chi connectivity index (χ1v) is 4.35. The van der Waals surface area contributed by atoms with Crippen LogP contribution >= 0.6 is 0 Å². The van der Waals surface area contributed by atoms with E-state index in [0.29, 0.717) is 13.2 Å². The summed E-state index contributed by atoms with van der Waals surface area (Å²) in [6.45, 7) is 3.16. The minimum atomic E-state index is -0.321. The van der Waals surface area contributed by atoms with Crippen molar-refractivity contribution in [2.75, 3.05) is 20.3 Å². The van der Waals surface area contributed by atoms with Gasteiger partial charge < -0.3 is 10.5 Å². The molecule has 0 saturated heterocycles. The van der Waals surface area contributed by atoms with Crippen molar-refractivity contribution >= 4 is 0 Å². The van der Waals surface area contributed by atoms with Gasteiger partial charge in [-0.05, 0) is 19.3 Å². The van der Waals surface area contributed by atoms with Gasteiger partial charge in [-0.25, -0.2) is 0 Å². The van der Waals surface area contributed by atoms with Crippen molar-refractivity contribution in [2.24, 2.45) is 11.1 Å². The first-order chi connectivity index (χ1) is 5.74. The fraction of sp³-hybridized carbons (Fsp3) is 0.889. The van der Waals surface area contributed by atoms with Crippen molar-refractivity contribution in [3.05, 3.63) is 0 Å². The van der Waals surface area contributed by atoms with E-state index in [1.165, 1.54) is 0 Å². The molecule has 12 heavy (non-hydrogen) atoms. The third-order valence-corrected chi connectivity index (χ3v) is 2.31. The van der Waals surface area contributed by atoms with Crippen LogP contribution in [0.25, 0.3) is 0 Å².